The molecule has 0 fully saturated rings. The van der Waals surface area contributed by atoms with Gasteiger partial charge >= 0.3 is 5.97 Å². The maximum absolute atomic E-state index is 11.0. The first-order valence-corrected chi connectivity index (χ1v) is 6.33. The first-order chi connectivity index (χ1) is 8.58. The first kappa shape index (κ1) is 14.8. The van der Waals surface area contributed by atoms with Gasteiger partial charge in [0, 0.05) is 18.2 Å². The number of carboxylic acids is 1. The number of aliphatic hydroxyl groups is 1. The molecule has 100 valence electrons. The average Bonchev–Trinajstić information content (AvgIpc) is 2.34. The molecule has 1 aromatic carbocycles. The predicted octanol–water partition coefficient (Wildman–Crippen LogP) is 2.86. The Morgan fingerprint density at radius 2 is 2.22 bits per heavy atom. The zero-order valence-electron chi connectivity index (χ0n) is 10.3. The van der Waals surface area contributed by atoms with E-state index >= 15 is 0 Å². The number of aromatic carboxylic acids is 1. The van der Waals surface area contributed by atoms with Gasteiger partial charge in [0.25, 0.3) is 0 Å². The lowest BCUT2D eigenvalue weighted by Gasteiger charge is -2.16. The Bertz CT molecular complexity index is 409. The van der Waals surface area contributed by atoms with Crippen molar-refractivity contribution in [3.8, 4) is 0 Å². The van der Waals surface area contributed by atoms with Gasteiger partial charge in [0.15, 0.2) is 0 Å². The standard InChI is InChI=1S/C13H18ClNO3/c1-2-9(5-6-16)8-15-12-7-10(14)3-4-11(12)13(17)18/h3-4,7,9,15-16H,2,5-6,8H2,1H3,(H,17,18). The molecule has 4 nitrogen and oxygen atoms in total. The van der Waals surface area contributed by atoms with Gasteiger partial charge < -0.3 is 15.5 Å². The Morgan fingerprint density at radius 1 is 1.50 bits per heavy atom. The fourth-order valence-corrected chi connectivity index (χ4v) is 1.91. The molecule has 0 aliphatic carbocycles. The molecular weight excluding hydrogens is 254 g/mol. The highest BCUT2D eigenvalue weighted by atomic mass is 35.5. The van der Waals surface area contributed by atoms with E-state index in [9.17, 15) is 4.79 Å². The maximum Gasteiger partial charge on any atom is 0.337 e. The molecule has 3 N–H and O–H groups in total. The molecular formula is C13H18ClNO3. The molecule has 0 aliphatic rings. The van der Waals surface area contributed by atoms with Gasteiger partial charge in [-0.15, -0.1) is 0 Å². The number of hydrogen-bond donors (Lipinski definition) is 3. The first-order valence-electron chi connectivity index (χ1n) is 5.96. The molecule has 0 saturated carbocycles. The summed E-state index contributed by atoms with van der Waals surface area (Å²) in [6, 6.07) is 4.65. The fourth-order valence-electron chi connectivity index (χ4n) is 1.74. The van der Waals surface area contributed by atoms with E-state index in [2.05, 4.69) is 5.32 Å². The molecule has 0 aliphatic heterocycles. The second-order valence-electron chi connectivity index (χ2n) is 4.16. The zero-order chi connectivity index (χ0) is 13.5. The molecule has 0 heterocycles. The SMILES string of the molecule is CCC(CCO)CNc1cc(Cl)ccc1C(=O)O. The summed E-state index contributed by atoms with van der Waals surface area (Å²) >= 11 is 5.86. The summed E-state index contributed by atoms with van der Waals surface area (Å²) in [5.41, 5.74) is 0.727. The lowest BCUT2D eigenvalue weighted by atomic mass is 10.0. The minimum atomic E-state index is -0.982. The van der Waals surface area contributed by atoms with Crippen molar-refractivity contribution in [1.29, 1.82) is 0 Å². The average molecular weight is 272 g/mol. The van der Waals surface area contributed by atoms with Crippen LogP contribution in [0.2, 0.25) is 5.02 Å². The third-order valence-electron chi connectivity index (χ3n) is 2.91. The number of carbonyl (C=O) groups is 1. The van der Waals surface area contributed by atoms with Crippen molar-refractivity contribution in [2.24, 2.45) is 5.92 Å². The molecule has 0 radical (unpaired) electrons. The van der Waals surface area contributed by atoms with E-state index in [1.165, 1.54) is 6.07 Å². The molecule has 5 heteroatoms. The maximum atomic E-state index is 11.0. The number of carboxylic acid groups (broad SMARTS) is 1. The van der Waals surface area contributed by atoms with Crippen LogP contribution in [0.1, 0.15) is 30.1 Å². The number of rotatable bonds is 7. The molecule has 1 rings (SSSR count). The second kappa shape index (κ2) is 7.24. The highest BCUT2D eigenvalue weighted by molar-refractivity contribution is 6.31. The number of halogens is 1. The van der Waals surface area contributed by atoms with E-state index in [1.54, 1.807) is 12.1 Å². The molecule has 0 saturated heterocycles. The summed E-state index contributed by atoms with van der Waals surface area (Å²) in [4.78, 5) is 11.0. The molecule has 0 amide bonds. The van der Waals surface area contributed by atoms with Gasteiger partial charge in [0.1, 0.15) is 0 Å². The summed E-state index contributed by atoms with van der Waals surface area (Å²) < 4.78 is 0. The van der Waals surface area contributed by atoms with Crippen molar-refractivity contribution in [1.82, 2.24) is 0 Å². The fraction of sp³-hybridized carbons (Fsp3) is 0.462. The molecule has 1 atom stereocenters. The van der Waals surface area contributed by atoms with Crippen LogP contribution in [0.4, 0.5) is 5.69 Å². The Morgan fingerprint density at radius 3 is 2.78 bits per heavy atom. The largest absolute Gasteiger partial charge is 0.478 e. The quantitative estimate of drug-likeness (QED) is 0.713. The van der Waals surface area contributed by atoms with Crippen LogP contribution in [0.15, 0.2) is 18.2 Å². The van der Waals surface area contributed by atoms with E-state index in [0.29, 0.717) is 29.6 Å². The van der Waals surface area contributed by atoms with E-state index in [0.717, 1.165) is 6.42 Å². The van der Waals surface area contributed by atoms with Crippen molar-refractivity contribution in [2.45, 2.75) is 19.8 Å². The smallest absolute Gasteiger partial charge is 0.337 e. The van der Waals surface area contributed by atoms with Gasteiger partial charge in [-0.05, 0) is 30.5 Å². The topological polar surface area (TPSA) is 69.6 Å². The van der Waals surface area contributed by atoms with Gasteiger partial charge in [-0.3, -0.25) is 0 Å². The molecule has 0 bridgehead atoms. The van der Waals surface area contributed by atoms with Crippen LogP contribution in [-0.2, 0) is 0 Å². The third kappa shape index (κ3) is 4.20. The highest BCUT2D eigenvalue weighted by Gasteiger charge is 2.12. The lowest BCUT2D eigenvalue weighted by Crippen LogP contribution is -2.16. The van der Waals surface area contributed by atoms with E-state index in [1.807, 2.05) is 6.92 Å². The van der Waals surface area contributed by atoms with Crippen LogP contribution in [0.25, 0.3) is 0 Å². The summed E-state index contributed by atoms with van der Waals surface area (Å²) in [7, 11) is 0. The van der Waals surface area contributed by atoms with Crippen molar-refractivity contribution in [3.63, 3.8) is 0 Å². The van der Waals surface area contributed by atoms with Crippen LogP contribution in [-0.4, -0.2) is 29.3 Å². The van der Waals surface area contributed by atoms with Crippen LogP contribution in [0.5, 0.6) is 0 Å². The Labute approximate surface area is 112 Å². The minimum Gasteiger partial charge on any atom is -0.478 e. The van der Waals surface area contributed by atoms with Crippen LogP contribution >= 0.6 is 11.6 Å². The van der Waals surface area contributed by atoms with Gasteiger partial charge in [0.2, 0.25) is 0 Å². The van der Waals surface area contributed by atoms with Crippen molar-refractivity contribution >= 4 is 23.3 Å². The van der Waals surface area contributed by atoms with Crippen LogP contribution < -0.4 is 5.32 Å². The Balaban J connectivity index is 2.76. The van der Waals surface area contributed by atoms with Crippen molar-refractivity contribution in [2.75, 3.05) is 18.5 Å². The summed E-state index contributed by atoms with van der Waals surface area (Å²) in [6.45, 7) is 2.80. The second-order valence-corrected chi connectivity index (χ2v) is 4.60. The molecule has 1 aromatic rings. The molecule has 0 spiro atoms. The Kier molecular flexibility index (Phi) is 5.95. The summed E-state index contributed by atoms with van der Waals surface area (Å²) in [6.07, 6.45) is 1.63. The molecule has 1 unspecified atom stereocenters. The number of anilines is 1. The number of benzene rings is 1. The van der Waals surface area contributed by atoms with Gasteiger partial charge in [0.05, 0.1) is 11.3 Å². The monoisotopic (exact) mass is 271 g/mol. The predicted molar refractivity (Wildman–Crippen MR) is 72.4 cm³/mol. The number of aliphatic hydroxyl groups excluding tert-OH is 1. The molecule has 18 heavy (non-hydrogen) atoms. The van der Waals surface area contributed by atoms with Crippen molar-refractivity contribution in [3.05, 3.63) is 28.8 Å². The van der Waals surface area contributed by atoms with Gasteiger partial charge in [-0.25, -0.2) is 4.79 Å². The highest BCUT2D eigenvalue weighted by Crippen LogP contribution is 2.22. The third-order valence-corrected chi connectivity index (χ3v) is 3.14. The minimum absolute atomic E-state index is 0.140. The normalized spacial score (nSPS) is 12.2. The zero-order valence-corrected chi connectivity index (χ0v) is 11.1. The number of hydrogen-bond acceptors (Lipinski definition) is 3. The number of nitrogens with one attached hydrogen (secondary N) is 1. The van der Waals surface area contributed by atoms with Crippen molar-refractivity contribution < 1.29 is 15.0 Å². The lowest BCUT2D eigenvalue weighted by molar-refractivity contribution is 0.0698. The van der Waals surface area contributed by atoms with Gasteiger partial charge in [-0.1, -0.05) is 24.9 Å². The summed E-state index contributed by atoms with van der Waals surface area (Å²) in [5, 5.41) is 21.6. The summed E-state index contributed by atoms with van der Waals surface area (Å²) in [5.74, 6) is -0.667. The molecule has 0 aromatic heterocycles. The van der Waals surface area contributed by atoms with E-state index in [4.69, 9.17) is 21.8 Å². The van der Waals surface area contributed by atoms with Crippen LogP contribution in [0, 0.1) is 5.92 Å². The van der Waals surface area contributed by atoms with Gasteiger partial charge in [-0.2, -0.15) is 0 Å². The van der Waals surface area contributed by atoms with E-state index in [-0.39, 0.29) is 12.2 Å². The van der Waals surface area contributed by atoms with E-state index < -0.39 is 5.97 Å². The Hall–Kier alpha value is -1.26. The van der Waals surface area contributed by atoms with Crippen LogP contribution in [0.3, 0.4) is 0 Å².